The minimum absolute atomic E-state index is 0. The Balaban J connectivity index is 0.00000108. The highest BCUT2D eigenvalue weighted by molar-refractivity contribution is 6.39. The van der Waals surface area contributed by atoms with Gasteiger partial charge in [0.2, 0.25) is 11.8 Å². The van der Waals surface area contributed by atoms with Gasteiger partial charge in [-0.2, -0.15) is 0 Å². The number of anilines is 2. The van der Waals surface area contributed by atoms with E-state index in [1.165, 1.54) is 35.5 Å². The van der Waals surface area contributed by atoms with Crippen LogP contribution in [0.5, 0.6) is 0 Å². The average Bonchev–Trinajstić information content (AvgIpc) is 3.28. The fourth-order valence-corrected chi connectivity index (χ4v) is 6.85. The smallest absolute Gasteiger partial charge is 0.414 e. The van der Waals surface area contributed by atoms with Crippen LogP contribution in [0.25, 0.3) is 0 Å². The third kappa shape index (κ3) is 26.9. The summed E-state index contributed by atoms with van der Waals surface area (Å²) in [5.74, 6) is -7.15. The Kier molecular flexibility index (Phi) is 29.1. The van der Waals surface area contributed by atoms with Crippen molar-refractivity contribution in [1.82, 2.24) is 35.7 Å². The number of esters is 1. The summed E-state index contributed by atoms with van der Waals surface area (Å²) >= 11 is 11.4. The number of aliphatic carboxylic acids is 2. The van der Waals surface area contributed by atoms with E-state index >= 15 is 0 Å². The van der Waals surface area contributed by atoms with Crippen LogP contribution in [0.2, 0.25) is 10.0 Å². The topological polar surface area (TPSA) is 357 Å². The highest BCUT2D eigenvalue weighted by atomic mass is 35.5. The predicted octanol–water partition coefficient (Wildman–Crippen LogP) is 3.85. The van der Waals surface area contributed by atoms with Crippen LogP contribution in [-0.2, 0) is 52.6 Å². The van der Waals surface area contributed by atoms with Crippen LogP contribution < -0.4 is 32.3 Å². The molecule has 0 aliphatic heterocycles. The van der Waals surface area contributed by atoms with E-state index in [4.69, 9.17) is 58.2 Å². The number of nitrogens with zero attached hydrogens (tertiary/aromatic N) is 4. The Hall–Kier alpha value is -6.57. The molecule has 4 rings (SSSR count). The SMILES string of the molecule is CCOC(=O)C(=O)Nc1ccc(Cl)cn1.CN(C)C(=O)[C@H]1CC[C@H](N)[C@H](NC(=O)OC(C)(C)C)C1.CN(C)C(=O)[C@H]1CC[C@H](NC(=O)C(=O)Nc2ccc(Cl)cn2)[C@H](NC(=O)OC(C)(C)C)C1.Cl.O=C(O)C(=O)O. The van der Waals surface area contributed by atoms with Crippen molar-refractivity contribution in [3.05, 3.63) is 46.7 Å². The van der Waals surface area contributed by atoms with Gasteiger partial charge < -0.3 is 66.5 Å². The number of hydrogen-bond acceptors (Lipinski definition) is 16. The summed E-state index contributed by atoms with van der Waals surface area (Å²) in [5, 5.41) is 28.5. The number of nitrogens with one attached hydrogen (secondary N) is 5. The van der Waals surface area contributed by atoms with Gasteiger partial charge in [-0.25, -0.2) is 33.9 Å². The summed E-state index contributed by atoms with van der Waals surface area (Å²) in [6.45, 7) is 12.4. The van der Waals surface area contributed by atoms with Crippen LogP contribution in [-0.4, -0.2) is 160 Å². The van der Waals surface area contributed by atoms with Crippen molar-refractivity contribution in [2.24, 2.45) is 17.6 Å². The van der Waals surface area contributed by atoms with E-state index in [0.717, 1.165) is 12.8 Å². The summed E-state index contributed by atoms with van der Waals surface area (Å²) in [6, 6.07) is 4.56. The highest BCUT2D eigenvalue weighted by Gasteiger charge is 2.38. The number of aromatic nitrogens is 2. The zero-order valence-corrected chi connectivity index (χ0v) is 45.4. The number of carboxylic acids is 2. The standard InChI is InChI=1S/C21H30ClN5O5.C14H27N3O3.C9H9ClN2O3.C2H2O4.ClH/c1-21(2,3)32-20(31)25-15-10-12(19(30)27(4)5)6-8-14(15)24-17(28)18(29)26-16-9-7-13(22)11-23-16;1-14(2,3)20-13(19)16-11-8-9(6-7-10(11)15)12(18)17(4)5;1-2-15-9(14)8(13)12-7-4-3-6(10)5-11-7;3-1(4)2(5)6;/h7,9,11-12,14-15H,6,8,10H2,1-5H3,(H,24,28)(H,25,31)(H,23,26,29);9-11H,6-8,15H2,1-5H3,(H,16,19);3-5H,2H2,1H3,(H,11,12,13);(H,3,4)(H,5,6);1H/t12-,14-,15+;9-,10-,11+;;;/m00.../s1. The van der Waals surface area contributed by atoms with Crippen LogP contribution >= 0.6 is 35.6 Å². The van der Waals surface area contributed by atoms with Crippen LogP contribution in [0.4, 0.5) is 21.2 Å². The lowest BCUT2D eigenvalue weighted by atomic mass is 9.81. The number of rotatable bonds is 8. The molecule has 0 saturated heterocycles. The maximum Gasteiger partial charge on any atom is 0.414 e. The van der Waals surface area contributed by atoms with E-state index in [2.05, 4.69) is 41.3 Å². The lowest BCUT2D eigenvalue weighted by Crippen LogP contribution is -2.57. The van der Waals surface area contributed by atoms with Crippen molar-refractivity contribution >= 4 is 107 Å². The van der Waals surface area contributed by atoms with Crippen LogP contribution in [0.1, 0.15) is 87.0 Å². The molecule has 414 valence electrons. The second-order valence-corrected chi connectivity index (χ2v) is 19.6. The van der Waals surface area contributed by atoms with Gasteiger partial charge in [0.15, 0.2) is 0 Å². The third-order valence-electron chi connectivity index (χ3n) is 9.84. The normalized spacial score (nSPS) is 18.7. The first-order valence-corrected chi connectivity index (χ1v) is 23.4. The first kappa shape index (κ1) is 67.4. The molecule has 2 fully saturated rings. The molecule has 2 aliphatic rings. The maximum absolute atomic E-state index is 12.5. The second-order valence-electron chi connectivity index (χ2n) is 18.7. The summed E-state index contributed by atoms with van der Waals surface area (Å²) in [6.07, 6.45) is 4.86. The first-order valence-electron chi connectivity index (χ1n) is 22.7. The van der Waals surface area contributed by atoms with Crippen molar-refractivity contribution in [2.45, 2.75) is 122 Å². The number of carbonyl (C=O) groups is 10. The largest absolute Gasteiger partial charge is 0.473 e. The Morgan fingerprint density at radius 2 is 1.03 bits per heavy atom. The predicted molar refractivity (Wildman–Crippen MR) is 273 cm³/mol. The molecule has 2 aromatic rings. The zero-order chi connectivity index (χ0) is 56.0. The number of amides is 7. The van der Waals surface area contributed by atoms with Gasteiger partial charge in [-0.1, -0.05) is 23.2 Å². The van der Waals surface area contributed by atoms with Gasteiger partial charge in [0.25, 0.3) is 0 Å². The first-order chi connectivity index (χ1) is 33.7. The molecule has 0 spiro atoms. The van der Waals surface area contributed by atoms with Crippen molar-refractivity contribution in [1.29, 1.82) is 0 Å². The molecule has 0 bridgehead atoms. The van der Waals surface area contributed by atoms with Gasteiger partial charge in [0.05, 0.1) is 22.7 Å². The molecule has 6 atom stereocenters. The van der Waals surface area contributed by atoms with Crippen LogP contribution in [0.3, 0.4) is 0 Å². The van der Waals surface area contributed by atoms with E-state index in [-0.39, 0.29) is 66.4 Å². The molecule has 2 heterocycles. The molecule has 74 heavy (non-hydrogen) atoms. The molecule has 0 unspecified atom stereocenters. The molecule has 2 saturated carbocycles. The number of carbonyl (C=O) groups excluding carboxylic acids is 8. The molecular formula is C46H69Cl3N10O15. The van der Waals surface area contributed by atoms with Gasteiger partial charge in [-0.05, 0) is 111 Å². The molecular weight excluding hydrogens is 1040 g/mol. The summed E-state index contributed by atoms with van der Waals surface area (Å²) in [5.41, 5.74) is 4.79. The van der Waals surface area contributed by atoms with E-state index < -0.39 is 71.1 Å². The molecule has 2 aromatic heterocycles. The van der Waals surface area contributed by atoms with Gasteiger partial charge in [-0.3, -0.25) is 24.0 Å². The van der Waals surface area contributed by atoms with Gasteiger partial charge >= 0.3 is 47.8 Å². The fraction of sp³-hybridized carbons (Fsp3) is 0.565. The maximum atomic E-state index is 12.5. The van der Waals surface area contributed by atoms with Crippen LogP contribution in [0, 0.1) is 11.8 Å². The molecule has 9 N–H and O–H groups in total. The number of ether oxygens (including phenoxy) is 3. The minimum Gasteiger partial charge on any atom is -0.473 e. The summed E-state index contributed by atoms with van der Waals surface area (Å²) in [7, 11) is 6.82. The quantitative estimate of drug-likeness (QED) is 0.106. The molecule has 28 heteroatoms. The second kappa shape index (κ2) is 31.9. The Morgan fingerprint density at radius 3 is 1.41 bits per heavy atom. The zero-order valence-electron chi connectivity index (χ0n) is 43.1. The third-order valence-corrected chi connectivity index (χ3v) is 10.3. The van der Waals surface area contributed by atoms with Gasteiger partial charge in [0, 0.05) is 70.5 Å². The Bertz CT molecular complexity index is 2210. The molecule has 2 aliphatic carbocycles. The van der Waals surface area contributed by atoms with Crippen LogP contribution in [0.15, 0.2) is 36.7 Å². The molecule has 0 radical (unpaired) electrons. The van der Waals surface area contributed by atoms with Crippen molar-refractivity contribution in [2.75, 3.05) is 45.4 Å². The van der Waals surface area contributed by atoms with E-state index in [1.807, 2.05) is 20.8 Å². The number of carboxylic acid groups (broad SMARTS) is 2. The lowest BCUT2D eigenvalue weighted by Gasteiger charge is -2.37. The number of pyridine rings is 2. The van der Waals surface area contributed by atoms with Crippen molar-refractivity contribution in [3.63, 3.8) is 0 Å². The molecule has 0 aromatic carbocycles. The molecule has 25 nitrogen and oxygen atoms in total. The monoisotopic (exact) mass is 1110 g/mol. The lowest BCUT2D eigenvalue weighted by molar-refractivity contribution is -0.159. The number of alkyl carbamates (subject to hydrolysis) is 2. The average molecular weight is 1110 g/mol. The molecule has 7 amide bonds. The van der Waals surface area contributed by atoms with Crippen molar-refractivity contribution < 1.29 is 72.4 Å². The van der Waals surface area contributed by atoms with Gasteiger partial charge in [0.1, 0.15) is 22.8 Å². The van der Waals surface area contributed by atoms with E-state index in [1.54, 1.807) is 66.9 Å². The van der Waals surface area contributed by atoms with Gasteiger partial charge in [-0.15, -0.1) is 12.4 Å². The van der Waals surface area contributed by atoms with E-state index in [9.17, 15) is 38.4 Å². The Morgan fingerprint density at radius 1 is 0.622 bits per heavy atom. The van der Waals surface area contributed by atoms with Crippen molar-refractivity contribution in [3.8, 4) is 0 Å². The minimum atomic E-state index is -1.82. The fourth-order valence-electron chi connectivity index (χ4n) is 6.63. The highest BCUT2D eigenvalue weighted by Crippen LogP contribution is 2.28. The Labute approximate surface area is 445 Å². The summed E-state index contributed by atoms with van der Waals surface area (Å²) < 4.78 is 15.0. The summed E-state index contributed by atoms with van der Waals surface area (Å²) in [4.78, 5) is 124. The number of hydrogen-bond donors (Lipinski definition) is 8. The number of halogens is 3. The number of nitrogens with two attached hydrogens (primary N) is 1. The van der Waals surface area contributed by atoms with E-state index in [0.29, 0.717) is 35.7 Å².